The molecule has 0 saturated heterocycles. The molecule has 25 heavy (non-hydrogen) atoms. The van der Waals surface area contributed by atoms with Gasteiger partial charge < -0.3 is 10.1 Å². The van der Waals surface area contributed by atoms with Crippen molar-refractivity contribution in [2.75, 3.05) is 13.1 Å². The van der Waals surface area contributed by atoms with E-state index in [9.17, 15) is 9.90 Å². The average molecular weight is 336 g/mol. The Morgan fingerprint density at radius 2 is 2.12 bits per heavy atom. The molecule has 2 heterocycles. The number of carbonyl (C=O) groups is 1. The Bertz CT molecular complexity index is 860. The fourth-order valence-electron chi connectivity index (χ4n) is 5.21. The monoisotopic (exact) mass is 336 g/mol. The molecule has 2 aliphatic carbocycles. The minimum Gasteiger partial charge on any atom is -0.481 e. The van der Waals surface area contributed by atoms with Crippen LogP contribution in [0.5, 0.6) is 0 Å². The Morgan fingerprint density at radius 1 is 1.28 bits per heavy atom. The Labute approximate surface area is 147 Å². The van der Waals surface area contributed by atoms with Crippen LogP contribution in [0, 0.1) is 11.8 Å². The van der Waals surface area contributed by atoms with E-state index < -0.39 is 11.9 Å². The number of nitrogens with one attached hydrogen (secondary N) is 1. The third-order valence-electron chi connectivity index (χ3n) is 6.41. The van der Waals surface area contributed by atoms with Gasteiger partial charge in [-0.1, -0.05) is 31.1 Å². The molecule has 1 fully saturated rings. The van der Waals surface area contributed by atoms with Crippen molar-refractivity contribution in [2.24, 2.45) is 11.8 Å². The molecule has 2 N–H and O–H groups in total. The molecule has 4 nitrogen and oxygen atoms in total. The number of aromatic amines is 1. The lowest BCUT2D eigenvalue weighted by atomic mass is 9.79. The van der Waals surface area contributed by atoms with Crippen LogP contribution in [0.3, 0.4) is 0 Å². The van der Waals surface area contributed by atoms with Crippen molar-refractivity contribution in [2.45, 2.75) is 38.1 Å². The Balaban J connectivity index is 1.58. The molecule has 2 aromatic rings. The van der Waals surface area contributed by atoms with E-state index in [0.29, 0.717) is 12.6 Å². The van der Waals surface area contributed by atoms with Gasteiger partial charge in [0.05, 0.1) is 5.92 Å². The number of hydrogen-bond acceptors (Lipinski definition) is 2. The Hall–Kier alpha value is -2.07. The van der Waals surface area contributed by atoms with E-state index >= 15 is 0 Å². The van der Waals surface area contributed by atoms with Crippen LogP contribution in [0.25, 0.3) is 16.5 Å². The Morgan fingerprint density at radius 3 is 2.92 bits per heavy atom. The highest BCUT2D eigenvalue weighted by atomic mass is 16.4. The fourth-order valence-corrected chi connectivity index (χ4v) is 5.21. The number of benzene rings is 1. The third-order valence-corrected chi connectivity index (χ3v) is 6.41. The summed E-state index contributed by atoms with van der Waals surface area (Å²) in [5.41, 5.74) is 4.99. The lowest BCUT2D eigenvalue weighted by Gasteiger charge is -2.42. The van der Waals surface area contributed by atoms with E-state index in [2.05, 4.69) is 34.3 Å². The van der Waals surface area contributed by atoms with E-state index in [1.807, 2.05) is 6.08 Å². The number of carboxylic acids is 1. The minimum absolute atomic E-state index is 0.324. The lowest BCUT2D eigenvalue weighted by Crippen LogP contribution is -2.48. The van der Waals surface area contributed by atoms with Gasteiger partial charge >= 0.3 is 5.97 Å². The molecule has 0 bridgehead atoms. The number of rotatable bonds is 3. The SMILES string of the molecule is O=C(O)C1C=C2c3cccc4[nH]cc(c34)C[C@H]2N(CC2CCCC2)C1. The third kappa shape index (κ3) is 2.43. The molecule has 4 heteroatoms. The second-order valence-electron chi connectivity index (χ2n) is 7.93. The molecule has 0 amide bonds. The number of aliphatic carboxylic acids is 1. The smallest absolute Gasteiger partial charge is 0.311 e. The molecular weight excluding hydrogens is 312 g/mol. The fraction of sp³-hybridized carbons (Fsp3) is 0.476. The molecule has 1 aromatic heterocycles. The summed E-state index contributed by atoms with van der Waals surface area (Å²) < 4.78 is 0. The first-order chi connectivity index (χ1) is 12.2. The van der Waals surface area contributed by atoms with Crippen LogP contribution in [0.1, 0.15) is 36.8 Å². The summed E-state index contributed by atoms with van der Waals surface area (Å²) in [4.78, 5) is 17.6. The summed E-state index contributed by atoms with van der Waals surface area (Å²) in [7, 11) is 0. The van der Waals surface area contributed by atoms with Crippen molar-refractivity contribution >= 4 is 22.4 Å². The predicted molar refractivity (Wildman–Crippen MR) is 98.4 cm³/mol. The van der Waals surface area contributed by atoms with Gasteiger partial charge in [-0.25, -0.2) is 0 Å². The molecule has 1 unspecified atom stereocenters. The summed E-state index contributed by atoms with van der Waals surface area (Å²) in [6, 6.07) is 6.67. The maximum atomic E-state index is 11.8. The van der Waals surface area contributed by atoms with Gasteiger partial charge in [0, 0.05) is 36.2 Å². The molecule has 0 radical (unpaired) electrons. The van der Waals surface area contributed by atoms with Crippen LogP contribution >= 0.6 is 0 Å². The number of carboxylic acid groups (broad SMARTS) is 1. The lowest BCUT2D eigenvalue weighted by molar-refractivity contribution is -0.141. The summed E-state index contributed by atoms with van der Waals surface area (Å²) in [5.74, 6) is -0.366. The van der Waals surface area contributed by atoms with E-state index in [0.717, 1.165) is 24.4 Å². The van der Waals surface area contributed by atoms with Gasteiger partial charge in [0.2, 0.25) is 0 Å². The molecule has 5 rings (SSSR count). The molecule has 1 aliphatic heterocycles. The van der Waals surface area contributed by atoms with Gasteiger partial charge in [-0.3, -0.25) is 9.69 Å². The normalized spacial score (nSPS) is 26.6. The van der Waals surface area contributed by atoms with E-state index in [1.165, 1.54) is 47.8 Å². The van der Waals surface area contributed by atoms with Crippen LogP contribution in [0.2, 0.25) is 0 Å². The first kappa shape index (κ1) is 15.2. The topological polar surface area (TPSA) is 56.3 Å². The van der Waals surface area contributed by atoms with Gasteiger partial charge in [-0.05, 0) is 47.9 Å². The highest BCUT2D eigenvalue weighted by Crippen LogP contribution is 2.42. The number of hydrogen-bond donors (Lipinski definition) is 2. The van der Waals surface area contributed by atoms with E-state index in [4.69, 9.17) is 0 Å². The van der Waals surface area contributed by atoms with Crippen molar-refractivity contribution < 1.29 is 9.90 Å². The second kappa shape index (κ2) is 5.73. The van der Waals surface area contributed by atoms with E-state index in [-0.39, 0.29) is 0 Å². The maximum absolute atomic E-state index is 11.8. The van der Waals surface area contributed by atoms with Crippen molar-refractivity contribution in [3.63, 3.8) is 0 Å². The zero-order valence-electron chi connectivity index (χ0n) is 14.4. The zero-order chi connectivity index (χ0) is 17.0. The second-order valence-corrected chi connectivity index (χ2v) is 7.93. The number of fused-ring (bicyclic) bond motifs is 2. The van der Waals surface area contributed by atoms with Crippen LogP contribution in [-0.4, -0.2) is 40.1 Å². The first-order valence-corrected chi connectivity index (χ1v) is 9.48. The van der Waals surface area contributed by atoms with Gasteiger partial charge in [-0.15, -0.1) is 0 Å². The molecule has 130 valence electrons. The summed E-state index contributed by atoms with van der Waals surface area (Å²) in [6.45, 7) is 1.69. The van der Waals surface area contributed by atoms with Gasteiger partial charge in [0.25, 0.3) is 0 Å². The summed E-state index contributed by atoms with van der Waals surface area (Å²) in [6.07, 6.45) is 10.4. The molecule has 1 aromatic carbocycles. The Kier molecular flexibility index (Phi) is 3.49. The largest absolute Gasteiger partial charge is 0.481 e. The molecule has 3 aliphatic rings. The van der Waals surface area contributed by atoms with E-state index in [1.54, 1.807) is 0 Å². The van der Waals surface area contributed by atoms with Crippen molar-refractivity contribution in [3.05, 3.63) is 41.6 Å². The molecular formula is C21H24N2O2. The van der Waals surface area contributed by atoms with Crippen molar-refractivity contribution in [1.82, 2.24) is 9.88 Å². The average Bonchev–Trinajstić information content (AvgIpc) is 3.26. The highest BCUT2D eigenvalue weighted by molar-refractivity contribution is 5.99. The van der Waals surface area contributed by atoms with Crippen LogP contribution < -0.4 is 0 Å². The van der Waals surface area contributed by atoms with Gasteiger partial charge in [0.1, 0.15) is 0 Å². The van der Waals surface area contributed by atoms with Gasteiger partial charge in [0.15, 0.2) is 0 Å². The van der Waals surface area contributed by atoms with Crippen LogP contribution in [-0.2, 0) is 11.2 Å². The van der Waals surface area contributed by atoms with Crippen LogP contribution in [0.15, 0.2) is 30.5 Å². The van der Waals surface area contributed by atoms with Crippen LogP contribution in [0.4, 0.5) is 0 Å². The quantitative estimate of drug-likeness (QED) is 0.899. The standard InChI is InChI=1S/C21H24N2O2/c24-21(25)15-8-17-16-6-3-7-18-20(16)14(10-22-18)9-19(17)23(12-15)11-13-4-1-2-5-13/h3,6-8,10,13,15,19,22H,1-2,4-5,9,11-12H2,(H,24,25)/t15?,19-/m1/s1. The van der Waals surface area contributed by atoms with Crippen molar-refractivity contribution in [3.8, 4) is 0 Å². The zero-order valence-corrected chi connectivity index (χ0v) is 14.4. The first-order valence-electron chi connectivity index (χ1n) is 9.48. The number of aromatic nitrogens is 1. The number of nitrogens with zero attached hydrogens (tertiary/aromatic N) is 1. The summed E-state index contributed by atoms with van der Waals surface area (Å²) in [5, 5.41) is 11.0. The predicted octanol–water partition coefficient (Wildman–Crippen LogP) is 3.68. The minimum atomic E-state index is -0.700. The van der Waals surface area contributed by atoms with Gasteiger partial charge in [-0.2, -0.15) is 0 Å². The summed E-state index contributed by atoms with van der Waals surface area (Å²) >= 11 is 0. The number of H-pyrrole nitrogens is 1. The molecule has 1 saturated carbocycles. The maximum Gasteiger partial charge on any atom is 0.311 e. The molecule has 0 spiro atoms. The molecule has 2 atom stereocenters. The van der Waals surface area contributed by atoms with Crippen molar-refractivity contribution in [1.29, 1.82) is 0 Å². The highest BCUT2D eigenvalue weighted by Gasteiger charge is 2.38.